The van der Waals surface area contributed by atoms with Gasteiger partial charge in [-0.25, -0.2) is 14.8 Å². The van der Waals surface area contributed by atoms with Gasteiger partial charge in [-0.05, 0) is 88.2 Å². The molecule has 1 fully saturated rings. The van der Waals surface area contributed by atoms with Gasteiger partial charge in [0.1, 0.15) is 6.54 Å². The van der Waals surface area contributed by atoms with Gasteiger partial charge in [0.25, 0.3) is 0 Å². The normalized spacial score (nSPS) is 14.0. The molecular formula is C37H43N5O4S. The molecule has 2 N–H and O–H groups in total. The van der Waals surface area contributed by atoms with Crippen LogP contribution in [0.3, 0.4) is 0 Å². The first kappa shape index (κ1) is 32.8. The molecule has 0 atom stereocenters. The molecule has 5 aromatic rings. The fraction of sp³-hybridized carbons (Fsp3) is 0.405. The molecule has 1 aliphatic carbocycles. The number of hydrogen-bond acceptors (Lipinski definition) is 8. The summed E-state index contributed by atoms with van der Waals surface area (Å²) in [6, 6.07) is 14.1. The summed E-state index contributed by atoms with van der Waals surface area (Å²) < 4.78 is 6.95. The molecule has 0 spiro atoms. The number of ether oxygens (including phenoxy) is 1. The molecule has 6 rings (SSSR count). The molecule has 1 saturated carbocycles. The van der Waals surface area contributed by atoms with Gasteiger partial charge >= 0.3 is 11.9 Å². The van der Waals surface area contributed by atoms with Gasteiger partial charge < -0.3 is 24.6 Å². The van der Waals surface area contributed by atoms with Crippen molar-refractivity contribution in [2.75, 3.05) is 34.3 Å². The summed E-state index contributed by atoms with van der Waals surface area (Å²) in [7, 11) is 5.48. The van der Waals surface area contributed by atoms with Crippen molar-refractivity contribution in [3.05, 3.63) is 69.9 Å². The maximum atomic E-state index is 12.6. The number of carboxylic acids is 1. The van der Waals surface area contributed by atoms with Crippen LogP contribution < -0.4 is 5.32 Å². The molecule has 9 nitrogen and oxygen atoms in total. The lowest BCUT2D eigenvalue weighted by atomic mass is 9.81. The van der Waals surface area contributed by atoms with E-state index in [1.165, 1.54) is 19.1 Å². The monoisotopic (exact) mass is 653 g/mol. The summed E-state index contributed by atoms with van der Waals surface area (Å²) in [5.74, 6) is -1.10. The van der Waals surface area contributed by atoms with Crippen molar-refractivity contribution >= 4 is 45.1 Å². The first-order chi connectivity index (χ1) is 22.6. The highest BCUT2D eigenvalue weighted by Gasteiger charge is 2.29. The lowest BCUT2D eigenvalue weighted by molar-refractivity contribution is -0.137. The molecule has 0 amide bonds. The van der Waals surface area contributed by atoms with Crippen molar-refractivity contribution in [2.24, 2.45) is 0 Å². The number of hydrogen-bond donors (Lipinski definition) is 2. The number of carbonyl (C=O) groups excluding carboxylic acids is 1. The zero-order valence-electron chi connectivity index (χ0n) is 27.9. The van der Waals surface area contributed by atoms with Gasteiger partial charge in [-0.3, -0.25) is 4.79 Å². The Kier molecular flexibility index (Phi) is 9.72. The lowest BCUT2D eigenvalue weighted by Crippen LogP contribution is -2.26. The lowest BCUT2D eigenvalue weighted by Gasteiger charge is -2.25. The van der Waals surface area contributed by atoms with Gasteiger partial charge in [-0.15, -0.1) is 11.3 Å². The number of aromatic nitrogens is 3. The molecule has 10 heteroatoms. The van der Waals surface area contributed by atoms with Crippen LogP contribution in [0, 0.1) is 13.8 Å². The minimum absolute atomic E-state index is 0.226. The zero-order valence-corrected chi connectivity index (χ0v) is 28.7. The molecule has 47 heavy (non-hydrogen) atoms. The number of benzene rings is 2. The SMILES string of the molecule is COC(=O)c1ccc2c(C3CCCCC3)c(-c3cc4ccc(-c5sc(C)nc5C)nc4cc3CNCCN(C)C)n(CC(=O)O)c2c1. The smallest absolute Gasteiger partial charge is 0.337 e. The average Bonchev–Trinajstić information content (AvgIpc) is 3.56. The first-order valence-corrected chi connectivity index (χ1v) is 17.2. The van der Waals surface area contributed by atoms with Crippen molar-refractivity contribution in [1.82, 2.24) is 24.8 Å². The Morgan fingerprint density at radius 1 is 1.06 bits per heavy atom. The number of thiazole rings is 1. The number of fused-ring (bicyclic) bond motifs is 2. The van der Waals surface area contributed by atoms with Crippen LogP contribution in [-0.2, 0) is 22.6 Å². The van der Waals surface area contributed by atoms with Crippen LogP contribution in [0.25, 0.3) is 43.6 Å². The standard InChI is InChI=1S/C37H43N5O4S/c1-22-36(47-23(2)39-22)30-14-12-25-17-29(27(18-31(25)40-30)20-38-15-16-41(3)4)35-34(24-9-7-6-8-10-24)28-13-11-26(37(45)46-5)19-32(28)42(35)21-33(43)44/h11-14,17-19,24,38H,6-10,15-16,20-21H2,1-5H3,(H,43,44). The maximum absolute atomic E-state index is 12.6. The van der Waals surface area contributed by atoms with Gasteiger partial charge in [0.15, 0.2) is 0 Å². The third-order valence-corrected chi connectivity index (χ3v) is 10.3. The molecule has 246 valence electrons. The van der Waals surface area contributed by atoms with Crippen molar-refractivity contribution in [2.45, 2.75) is 65.0 Å². The summed E-state index contributed by atoms with van der Waals surface area (Å²) in [5.41, 5.74) is 8.04. The number of pyridine rings is 1. The summed E-state index contributed by atoms with van der Waals surface area (Å²) >= 11 is 1.65. The van der Waals surface area contributed by atoms with Gasteiger partial charge in [0, 0.05) is 36.0 Å². The molecule has 3 heterocycles. The van der Waals surface area contributed by atoms with E-state index in [4.69, 9.17) is 9.72 Å². The Morgan fingerprint density at radius 2 is 1.85 bits per heavy atom. The number of rotatable bonds is 11. The van der Waals surface area contributed by atoms with E-state index in [1.54, 1.807) is 23.5 Å². The number of aryl methyl sites for hydroxylation is 2. The first-order valence-electron chi connectivity index (χ1n) is 16.3. The fourth-order valence-electron chi connectivity index (χ4n) is 7.02. The number of carbonyl (C=O) groups is 2. The number of nitrogens with zero attached hydrogens (tertiary/aromatic N) is 4. The van der Waals surface area contributed by atoms with Crippen LogP contribution in [0.4, 0.5) is 0 Å². The molecule has 0 saturated heterocycles. The molecule has 1 aliphatic rings. The third-order valence-electron chi connectivity index (χ3n) is 9.19. The number of carboxylic acid groups (broad SMARTS) is 1. The number of esters is 1. The summed E-state index contributed by atoms with van der Waals surface area (Å²) in [5, 5.41) is 16.8. The Bertz CT molecular complexity index is 1950. The third kappa shape index (κ3) is 6.81. The Hall–Kier alpha value is -4.12. The molecule has 3 aromatic heterocycles. The van der Waals surface area contributed by atoms with Crippen LogP contribution in [-0.4, -0.2) is 70.8 Å². The number of aliphatic carboxylic acids is 1. The summed E-state index contributed by atoms with van der Waals surface area (Å²) in [6.07, 6.45) is 5.56. The topological polar surface area (TPSA) is 110 Å². The molecular weight excluding hydrogens is 611 g/mol. The van der Waals surface area contributed by atoms with E-state index in [9.17, 15) is 14.7 Å². The van der Waals surface area contributed by atoms with Gasteiger partial charge in [-0.2, -0.15) is 0 Å². The van der Waals surface area contributed by atoms with Gasteiger partial charge in [0.05, 0.1) is 50.7 Å². The van der Waals surface area contributed by atoms with E-state index in [0.29, 0.717) is 12.1 Å². The van der Waals surface area contributed by atoms with Crippen LogP contribution in [0.15, 0.2) is 42.5 Å². The van der Waals surface area contributed by atoms with E-state index in [0.717, 1.165) is 98.7 Å². The Morgan fingerprint density at radius 3 is 2.53 bits per heavy atom. The molecule has 2 aromatic carbocycles. The van der Waals surface area contributed by atoms with E-state index in [-0.39, 0.29) is 12.5 Å². The molecule has 0 aliphatic heterocycles. The van der Waals surface area contributed by atoms with Crippen molar-refractivity contribution in [1.29, 1.82) is 0 Å². The van der Waals surface area contributed by atoms with Crippen molar-refractivity contribution in [3.8, 4) is 21.8 Å². The Labute approximate surface area is 279 Å². The largest absolute Gasteiger partial charge is 0.480 e. The molecule has 0 unspecified atom stereocenters. The quantitative estimate of drug-likeness (QED) is 0.114. The van der Waals surface area contributed by atoms with Crippen LogP contribution >= 0.6 is 11.3 Å². The van der Waals surface area contributed by atoms with E-state index in [2.05, 4.69) is 53.6 Å². The molecule has 0 radical (unpaired) electrons. The average molecular weight is 654 g/mol. The predicted molar refractivity (Wildman–Crippen MR) is 188 cm³/mol. The zero-order chi connectivity index (χ0) is 33.2. The second-order valence-corrected chi connectivity index (χ2v) is 14.0. The second-order valence-electron chi connectivity index (χ2n) is 12.8. The van der Waals surface area contributed by atoms with E-state index in [1.807, 2.05) is 24.5 Å². The van der Waals surface area contributed by atoms with Crippen LogP contribution in [0.2, 0.25) is 0 Å². The second kappa shape index (κ2) is 13.9. The highest BCUT2D eigenvalue weighted by molar-refractivity contribution is 7.15. The van der Waals surface area contributed by atoms with Gasteiger partial charge in [0.2, 0.25) is 0 Å². The highest BCUT2D eigenvalue weighted by atomic mass is 32.1. The van der Waals surface area contributed by atoms with E-state index >= 15 is 0 Å². The van der Waals surface area contributed by atoms with Crippen molar-refractivity contribution in [3.63, 3.8) is 0 Å². The number of nitrogens with one attached hydrogen (secondary N) is 1. The summed E-state index contributed by atoms with van der Waals surface area (Å²) in [6.45, 7) is 6.09. The maximum Gasteiger partial charge on any atom is 0.337 e. The Balaban J connectivity index is 1.61. The van der Waals surface area contributed by atoms with Crippen molar-refractivity contribution < 1.29 is 19.4 Å². The minimum atomic E-state index is -0.935. The van der Waals surface area contributed by atoms with Crippen LogP contribution in [0.1, 0.15) is 70.2 Å². The minimum Gasteiger partial charge on any atom is -0.480 e. The number of likely N-dealkylation sites (N-methyl/N-ethyl adjacent to an activating group) is 1. The predicted octanol–water partition coefficient (Wildman–Crippen LogP) is 7.17. The fourth-order valence-corrected chi connectivity index (χ4v) is 7.91. The van der Waals surface area contributed by atoms with E-state index < -0.39 is 11.9 Å². The van der Waals surface area contributed by atoms with Gasteiger partial charge in [-0.1, -0.05) is 31.4 Å². The molecule has 0 bridgehead atoms. The highest BCUT2D eigenvalue weighted by Crippen LogP contribution is 2.46. The summed E-state index contributed by atoms with van der Waals surface area (Å²) in [4.78, 5) is 38.1. The van der Waals surface area contributed by atoms with Crippen LogP contribution in [0.5, 0.6) is 0 Å². The number of methoxy groups -OCH3 is 1.